The highest BCUT2D eigenvalue weighted by molar-refractivity contribution is 7.99. The molecule has 11 heavy (non-hydrogen) atoms. The number of carbonyl (C=O) groups excluding carboxylic acids is 1. The van der Waals surface area contributed by atoms with Crippen LogP contribution in [0.4, 0.5) is 0 Å². The van der Waals surface area contributed by atoms with Gasteiger partial charge in [-0.2, -0.15) is 0 Å². The Kier molecular flexibility index (Phi) is 3.25. The van der Waals surface area contributed by atoms with Crippen molar-refractivity contribution in [3.8, 4) is 0 Å². The molecule has 1 atom stereocenters. The molecule has 4 nitrogen and oxygen atoms in total. The minimum Gasteiger partial charge on any atom is -0.366 e. The molecule has 1 fully saturated rings. The molecular weight excluding hydrogens is 166 g/mol. The molecule has 1 heterocycles. The molecule has 0 aliphatic carbocycles. The Morgan fingerprint density at radius 1 is 1.73 bits per heavy atom. The van der Waals surface area contributed by atoms with Gasteiger partial charge in [-0.15, -0.1) is 0 Å². The fourth-order valence-electron chi connectivity index (χ4n) is 0.288. The second kappa shape index (κ2) is 3.52. The summed E-state index contributed by atoms with van der Waals surface area (Å²) in [6, 6.07) is 0. The largest absolute Gasteiger partial charge is 0.366 e. The first-order valence-corrected chi connectivity index (χ1v) is 4.75. The van der Waals surface area contributed by atoms with E-state index in [1.807, 2.05) is 0 Å². The fourth-order valence-corrected chi connectivity index (χ4v) is 1.20. The maximum absolute atomic E-state index is 10.1. The zero-order valence-corrected chi connectivity index (χ0v) is 7.10. The predicted octanol–water partition coefficient (Wildman–Crippen LogP) is -0.539. The lowest BCUT2D eigenvalue weighted by Gasteiger charge is -1.65. The van der Waals surface area contributed by atoms with E-state index in [-0.39, 0.29) is 5.25 Å². The van der Waals surface area contributed by atoms with Crippen LogP contribution in [0.25, 0.3) is 0 Å². The highest BCUT2D eigenvalue weighted by atomic mass is 32.2. The summed E-state index contributed by atoms with van der Waals surface area (Å²) >= 11 is 0. The Bertz CT molecular complexity index is 255. The number of rotatable bonds is 1. The number of hydrogen-bond acceptors (Lipinski definition) is 3. The average molecular weight is 177 g/mol. The third-order valence-electron chi connectivity index (χ3n) is 1.17. The van der Waals surface area contributed by atoms with Crippen LogP contribution < -0.4 is 5.73 Å². The normalized spacial score (nSPS) is 24.3. The van der Waals surface area contributed by atoms with E-state index in [1.54, 1.807) is 6.92 Å². The zero-order chi connectivity index (χ0) is 9.07. The minimum absolute atomic E-state index is 0.0301. The van der Waals surface area contributed by atoms with Crippen LogP contribution in [0.2, 0.25) is 0 Å². The highest BCUT2D eigenvalue weighted by Gasteiger charge is 2.38. The molecule has 0 aromatic rings. The van der Waals surface area contributed by atoms with Crippen molar-refractivity contribution in [1.82, 2.24) is 0 Å². The van der Waals surface area contributed by atoms with Gasteiger partial charge < -0.3 is 5.73 Å². The summed E-state index contributed by atoms with van der Waals surface area (Å²) in [5.74, 6) is -0.0718. The maximum Gasteiger partial charge on any atom is 0.240 e. The van der Waals surface area contributed by atoms with E-state index in [9.17, 15) is 13.2 Å². The molecule has 1 rings (SSSR count). The van der Waals surface area contributed by atoms with Gasteiger partial charge in [0.2, 0.25) is 5.91 Å². The van der Waals surface area contributed by atoms with Crippen LogP contribution in [-0.4, -0.2) is 25.3 Å². The summed E-state index contributed by atoms with van der Waals surface area (Å²) in [5.41, 5.74) is 4.53. The van der Waals surface area contributed by atoms with Gasteiger partial charge in [0.15, 0.2) is 9.84 Å². The summed E-state index contributed by atoms with van der Waals surface area (Å²) in [4.78, 5) is 9.47. The average Bonchev–Trinajstić information content (AvgIpc) is 2.39. The first-order valence-electron chi connectivity index (χ1n) is 3.03. The highest BCUT2D eigenvalue weighted by Crippen LogP contribution is 2.18. The Labute approximate surface area is 66.0 Å². The van der Waals surface area contributed by atoms with Gasteiger partial charge in [-0.05, 0) is 13.0 Å². The quantitative estimate of drug-likeness (QED) is 0.431. The van der Waals surface area contributed by atoms with Crippen molar-refractivity contribution in [3.05, 3.63) is 12.7 Å². The molecule has 0 saturated carbocycles. The number of amides is 1. The summed E-state index contributed by atoms with van der Waals surface area (Å²) < 4.78 is 20.1. The molecule has 0 bridgehead atoms. The van der Waals surface area contributed by atoms with Gasteiger partial charge in [0.1, 0.15) is 0 Å². The fraction of sp³-hybridized carbons (Fsp3) is 0.500. The topological polar surface area (TPSA) is 77.2 Å². The lowest BCUT2D eigenvalue weighted by atomic mass is 10.6. The number of primary amides is 1. The second-order valence-electron chi connectivity index (χ2n) is 2.25. The number of sulfone groups is 1. The van der Waals surface area contributed by atoms with Crippen molar-refractivity contribution >= 4 is 15.7 Å². The van der Waals surface area contributed by atoms with E-state index in [1.165, 1.54) is 0 Å². The molecule has 1 amide bonds. The third kappa shape index (κ3) is 4.55. The van der Waals surface area contributed by atoms with Gasteiger partial charge in [0, 0.05) is 0 Å². The smallest absolute Gasteiger partial charge is 0.240 e. The van der Waals surface area contributed by atoms with E-state index in [0.717, 1.165) is 6.08 Å². The van der Waals surface area contributed by atoms with Gasteiger partial charge in [-0.1, -0.05) is 6.58 Å². The van der Waals surface area contributed by atoms with Crippen molar-refractivity contribution < 1.29 is 13.2 Å². The molecule has 0 spiro atoms. The molecule has 1 aliphatic rings. The monoisotopic (exact) mass is 177 g/mol. The van der Waals surface area contributed by atoms with Gasteiger partial charge in [-0.3, -0.25) is 4.79 Å². The molecule has 64 valence electrons. The summed E-state index contributed by atoms with van der Waals surface area (Å²) in [5, 5.41) is -0.0301. The molecule has 5 heteroatoms. The molecule has 1 aliphatic heterocycles. The Morgan fingerprint density at radius 2 is 1.91 bits per heavy atom. The van der Waals surface area contributed by atoms with Crippen LogP contribution in [0.1, 0.15) is 6.92 Å². The van der Waals surface area contributed by atoms with Crippen LogP contribution in [-0.2, 0) is 14.6 Å². The lowest BCUT2D eigenvalue weighted by molar-refractivity contribution is -0.113. The van der Waals surface area contributed by atoms with Crippen LogP contribution in [0.5, 0.6) is 0 Å². The molecule has 2 N–H and O–H groups in total. The van der Waals surface area contributed by atoms with Crippen molar-refractivity contribution in [3.63, 3.8) is 0 Å². The van der Waals surface area contributed by atoms with Crippen LogP contribution >= 0.6 is 0 Å². The summed E-state index contributed by atoms with van der Waals surface area (Å²) in [7, 11) is -2.50. The Morgan fingerprint density at radius 3 is 1.91 bits per heavy atom. The van der Waals surface area contributed by atoms with Crippen molar-refractivity contribution in [2.45, 2.75) is 12.2 Å². The predicted molar refractivity (Wildman–Crippen MR) is 42.6 cm³/mol. The number of nitrogens with two attached hydrogens (primary N) is 1. The number of hydrogen-bond donors (Lipinski definition) is 1. The summed E-state index contributed by atoms with van der Waals surface area (Å²) in [6.45, 7) is 4.80. The van der Waals surface area contributed by atoms with E-state index in [2.05, 4.69) is 12.3 Å². The lowest BCUT2D eigenvalue weighted by Crippen LogP contribution is -2.04. The van der Waals surface area contributed by atoms with Crippen molar-refractivity contribution in [2.75, 3.05) is 5.75 Å². The number of carbonyl (C=O) groups is 1. The summed E-state index contributed by atoms with van der Waals surface area (Å²) in [6.07, 6.45) is 1.06. The SMILES string of the molecule is C=CC(N)=O.CC1CS1(=O)=O. The van der Waals surface area contributed by atoms with Gasteiger partial charge >= 0.3 is 0 Å². The molecule has 0 aromatic carbocycles. The van der Waals surface area contributed by atoms with Crippen molar-refractivity contribution in [2.24, 2.45) is 5.73 Å². The van der Waals surface area contributed by atoms with Gasteiger partial charge in [-0.25, -0.2) is 8.42 Å². The molecule has 0 radical (unpaired) electrons. The van der Waals surface area contributed by atoms with Gasteiger partial charge in [0.25, 0.3) is 0 Å². The Balaban J connectivity index is 0.000000187. The van der Waals surface area contributed by atoms with E-state index in [4.69, 9.17) is 0 Å². The molecule has 0 aromatic heterocycles. The third-order valence-corrected chi connectivity index (χ3v) is 3.10. The Hall–Kier alpha value is -0.840. The first kappa shape index (κ1) is 10.2. The van der Waals surface area contributed by atoms with Crippen LogP contribution in [0, 0.1) is 0 Å². The van der Waals surface area contributed by atoms with Crippen LogP contribution in [0.15, 0.2) is 12.7 Å². The van der Waals surface area contributed by atoms with Crippen molar-refractivity contribution in [1.29, 1.82) is 0 Å². The molecular formula is C6H11NO3S. The van der Waals surface area contributed by atoms with Crippen LogP contribution in [0.3, 0.4) is 0 Å². The second-order valence-corrected chi connectivity index (χ2v) is 4.71. The maximum atomic E-state index is 10.1. The first-order chi connectivity index (χ1) is 4.90. The standard InChI is InChI=1S/C3H5NO.C3H6O2S/c1-2-3(4)5;1-3-2-6(3,4)5/h2H,1H2,(H2,4,5);3H,2H2,1H3. The minimum atomic E-state index is -2.50. The van der Waals surface area contributed by atoms with E-state index in [0.29, 0.717) is 5.75 Å². The van der Waals surface area contributed by atoms with Gasteiger partial charge in [0.05, 0.1) is 11.0 Å². The molecule has 1 unspecified atom stereocenters. The molecule has 1 saturated heterocycles. The van der Waals surface area contributed by atoms with E-state index >= 15 is 0 Å². The van der Waals surface area contributed by atoms with E-state index < -0.39 is 15.7 Å². The zero-order valence-electron chi connectivity index (χ0n) is 6.28.